The number of halogens is 1. The van der Waals surface area contributed by atoms with Crippen LogP contribution in [0.15, 0.2) is 48.5 Å². The van der Waals surface area contributed by atoms with E-state index in [1.165, 1.54) is 5.56 Å². The van der Waals surface area contributed by atoms with Crippen LogP contribution < -0.4 is 5.32 Å². The Morgan fingerprint density at radius 3 is 2.71 bits per heavy atom. The van der Waals surface area contributed by atoms with E-state index >= 15 is 0 Å². The van der Waals surface area contributed by atoms with Crippen molar-refractivity contribution in [3.05, 3.63) is 71.0 Å². The van der Waals surface area contributed by atoms with Crippen molar-refractivity contribution in [1.29, 1.82) is 0 Å². The molecule has 0 fully saturated rings. The maximum atomic E-state index is 13.8. The molecule has 2 heteroatoms. The second-order valence-electron chi connectivity index (χ2n) is 5.82. The third kappa shape index (κ3) is 3.01. The van der Waals surface area contributed by atoms with Crippen molar-refractivity contribution in [1.82, 2.24) is 5.32 Å². The molecule has 3 rings (SSSR count). The lowest BCUT2D eigenvalue weighted by Crippen LogP contribution is -2.25. The molecule has 110 valence electrons. The maximum Gasteiger partial charge on any atom is 0.126 e. The Balaban J connectivity index is 1.81. The third-order valence-corrected chi connectivity index (χ3v) is 4.40. The summed E-state index contributed by atoms with van der Waals surface area (Å²) in [6.45, 7) is 2.21. The van der Waals surface area contributed by atoms with Crippen molar-refractivity contribution in [3.63, 3.8) is 0 Å². The summed E-state index contributed by atoms with van der Waals surface area (Å²) in [5.74, 6) is -0.0523. The van der Waals surface area contributed by atoms with Gasteiger partial charge in [0.15, 0.2) is 0 Å². The van der Waals surface area contributed by atoms with Crippen LogP contribution in [0.4, 0.5) is 4.39 Å². The zero-order valence-corrected chi connectivity index (χ0v) is 12.5. The first kappa shape index (κ1) is 14.3. The highest BCUT2D eigenvalue weighted by Crippen LogP contribution is 2.35. The minimum atomic E-state index is -0.0523. The van der Waals surface area contributed by atoms with E-state index in [1.807, 2.05) is 12.1 Å². The molecule has 0 heterocycles. The van der Waals surface area contributed by atoms with Gasteiger partial charge in [-0.2, -0.15) is 0 Å². The predicted molar refractivity (Wildman–Crippen MR) is 84.7 cm³/mol. The minimum absolute atomic E-state index is 0.0523. The summed E-state index contributed by atoms with van der Waals surface area (Å²) in [7, 11) is 0. The number of hydrogen-bond donors (Lipinski definition) is 1. The van der Waals surface area contributed by atoms with Gasteiger partial charge in [-0.25, -0.2) is 4.39 Å². The van der Waals surface area contributed by atoms with Gasteiger partial charge in [-0.1, -0.05) is 55.8 Å². The zero-order valence-electron chi connectivity index (χ0n) is 12.5. The molecule has 2 unspecified atom stereocenters. The lowest BCUT2D eigenvalue weighted by atomic mass is 9.99. The van der Waals surface area contributed by atoms with Crippen molar-refractivity contribution in [2.75, 3.05) is 0 Å². The van der Waals surface area contributed by atoms with Gasteiger partial charge in [0, 0.05) is 12.1 Å². The fourth-order valence-corrected chi connectivity index (χ4v) is 3.35. The Labute approximate surface area is 126 Å². The van der Waals surface area contributed by atoms with E-state index < -0.39 is 0 Å². The Bertz CT molecular complexity index is 594. The molecule has 21 heavy (non-hydrogen) atoms. The molecule has 0 aromatic heterocycles. The largest absolute Gasteiger partial charge is 0.303 e. The molecule has 1 N–H and O–H groups in total. The van der Waals surface area contributed by atoms with Crippen LogP contribution in [-0.2, 0) is 6.42 Å². The Morgan fingerprint density at radius 2 is 1.95 bits per heavy atom. The summed E-state index contributed by atoms with van der Waals surface area (Å²) in [5.41, 5.74) is 3.37. The van der Waals surface area contributed by atoms with E-state index in [1.54, 1.807) is 6.07 Å². The summed E-state index contributed by atoms with van der Waals surface area (Å²) in [4.78, 5) is 0. The van der Waals surface area contributed by atoms with Gasteiger partial charge in [-0.3, -0.25) is 0 Å². The second-order valence-corrected chi connectivity index (χ2v) is 5.82. The molecule has 1 nitrogen and oxygen atoms in total. The molecule has 0 aliphatic heterocycles. The van der Waals surface area contributed by atoms with E-state index in [-0.39, 0.29) is 11.9 Å². The van der Waals surface area contributed by atoms with Crippen molar-refractivity contribution < 1.29 is 4.39 Å². The molecule has 0 saturated carbocycles. The van der Waals surface area contributed by atoms with Crippen LogP contribution in [-0.4, -0.2) is 0 Å². The van der Waals surface area contributed by atoms with E-state index in [4.69, 9.17) is 0 Å². The van der Waals surface area contributed by atoms with Gasteiger partial charge < -0.3 is 5.32 Å². The molecule has 2 aromatic rings. The lowest BCUT2D eigenvalue weighted by molar-refractivity contribution is 0.419. The highest BCUT2D eigenvalue weighted by atomic mass is 19.1. The van der Waals surface area contributed by atoms with Crippen LogP contribution in [0.25, 0.3) is 0 Å². The van der Waals surface area contributed by atoms with Crippen molar-refractivity contribution in [2.45, 2.75) is 44.7 Å². The first-order chi connectivity index (χ1) is 10.3. The van der Waals surface area contributed by atoms with Gasteiger partial charge in [0.05, 0.1) is 0 Å². The van der Waals surface area contributed by atoms with E-state index in [2.05, 4.69) is 42.6 Å². The molecule has 1 aliphatic rings. The first-order valence-electron chi connectivity index (χ1n) is 7.88. The topological polar surface area (TPSA) is 12.0 Å². The Morgan fingerprint density at radius 1 is 1.14 bits per heavy atom. The third-order valence-electron chi connectivity index (χ3n) is 4.40. The zero-order chi connectivity index (χ0) is 14.7. The summed E-state index contributed by atoms with van der Waals surface area (Å²) in [6.07, 6.45) is 4.07. The van der Waals surface area contributed by atoms with Crippen molar-refractivity contribution >= 4 is 0 Å². The second kappa shape index (κ2) is 6.40. The fourth-order valence-electron chi connectivity index (χ4n) is 3.35. The van der Waals surface area contributed by atoms with Crippen molar-refractivity contribution in [2.24, 2.45) is 0 Å². The summed E-state index contributed by atoms with van der Waals surface area (Å²) in [5, 5.41) is 3.75. The number of fused-ring (bicyclic) bond motifs is 1. The SMILES string of the molecule is CCCC(NC1CCc2c(F)cccc21)c1ccccc1. The van der Waals surface area contributed by atoms with Gasteiger partial charge in [-0.05, 0) is 42.0 Å². The quantitative estimate of drug-likeness (QED) is 0.819. The van der Waals surface area contributed by atoms with Crippen LogP contribution in [0.1, 0.15) is 55.0 Å². The average molecular weight is 283 g/mol. The van der Waals surface area contributed by atoms with Crippen LogP contribution in [0.3, 0.4) is 0 Å². The number of benzene rings is 2. The molecular formula is C19H22FN. The van der Waals surface area contributed by atoms with Gasteiger partial charge in [-0.15, -0.1) is 0 Å². The molecule has 0 saturated heterocycles. The smallest absolute Gasteiger partial charge is 0.126 e. The Hall–Kier alpha value is -1.67. The van der Waals surface area contributed by atoms with E-state index in [0.29, 0.717) is 6.04 Å². The molecule has 0 radical (unpaired) electrons. The van der Waals surface area contributed by atoms with Crippen LogP contribution in [0.5, 0.6) is 0 Å². The minimum Gasteiger partial charge on any atom is -0.303 e. The monoisotopic (exact) mass is 283 g/mol. The lowest BCUT2D eigenvalue weighted by Gasteiger charge is -2.24. The Kier molecular flexibility index (Phi) is 4.35. The van der Waals surface area contributed by atoms with E-state index in [0.717, 1.165) is 36.8 Å². The van der Waals surface area contributed by atoms with Crippen molar-refractivity contribution in [3.8, 4) is 0 Å². The van der Waals surface area contributed by atoms with Crippen LogP contribution in [0.2, 0.25) is 0 Å². The molecule has 0 spiro atoms. The maximum absolute atomic E-state index is 13.8. The van der Waals surface area contributed by atoms with Gasteiger partial charge in [0.25, 0.3) is 0 Å². The average Bonchev–Trinajstić information content (AvgIpc) is 2.92. The predicted octanol–water partition coefficient (Wildman–Crippen LogP) is 4.94. The number of rotatable bonds is 5. The van der Waals surface area contributed by atoms with Gasteiger partial charge in [0.1, 0.15) is 5.82 Å². The highest BCUT2D eigenvalue weighted by Gasteiger charge is 2.26. The molecule has 1 aliphatic carbocycles. The number of nitrogens with one attached hydrogen (secondary N) is 1. The van der Waals surface area contributed by atoms with Gasteiger partial charge in [0.2, 0.25) is 0 Å². The van der Waals surface area contributed by atoms with Crippen LogP contribution >= 0.6 is 0 Å². The summed E-state index contributed by atoms with van der Waals surface area (Å²) >= 11 is 0. The van der Waals surface area contributed by atoms with Gasteiger partial charge >= 0.3 is 0 Å². The standard InChI is InChI=1S/C19H22FN/c1-2-7-18(14-8-4-3-5-9-14)21-19-13-12-15-16(19)10-6-11-17(15)20/h3-6,8-11,18-19,21H,2,7,12-13H2,1H3. The van der Waals surface area contributed by atoms with Crippen LogP contribution in [0, 0.1) is 5.82 Å². The summed E-state index contributed by atoms with van der Waals surface area (Å²) < 4.78 is 13.8. The van der Waals surface area contributed by atoms with E-state index in [9.17, 15) is 4.39 Å². The molecule has 2 aromatic carbocycles. The molecule has 0 bridgehead atoms. The molecular weight excluding hydrogens is 261 g/mol. The first-order valence-corrected chi connectivity index (χ1v) is 7.88. The normalized spacial score (nSPS) is 18.5. The fraction of sp³-hybridized carbons (Fsp3) is 0.368. The molecule has 0 amide bonds. The highest BCUT2D eigenvalue weighted by molar-refractivity contribution is 5.36. The summed E-state index contributed by atoms with van der Waals surface area (Å²) in [6, 6.07) is 16.6. The molecule has 2 atom stereocenters. The number of hydrogen-bond acceptors (Lipinski definition) is 1.